The average molecular weight is 464 g/mol. The van der Waals surface area contributed by atoms with Crippen molar-refractivity contribution in [3.63, 3.8) is 0 Å². The summed E-state index contributed by atoms with van der Waals surface area (Å²) in [5.74, 6) is -0.139. The van der Waals surface area contributed by atoms with Gasteiger partial charge in [0.15, 0.2) is 0 Å². The summed E-state index contributed by atoms with van der Waals surface area (Å²) in [6.45, 7) is 0.625. The van der Waals surface area contributed by atoms with E-state index in [9.17, 15) is 13.2 Å². The van der Waals surface area contributed by atoms with E-state index >= 15 is 0 Å². The lowest BCUT2D eigenvalue weighted by atomic mass is 10.1. The van der Waals surface area contributed by atoms with Crippen LogP contribution in [0.5, 0.6) is 0 Å². The van der Waals surface area contributed by atoms with E-state index in [1.165, 1.54) is 4.31 Å². The highest BCUT2D eigenvalue weighted by molar-refractivity contribution is 7.92. The molecule has 0 bridgehead atoms. The van der Waals surface area contributed by atoms with Crippen molar-refractivity contribution in [2.45, 2.75) is 19.3 Å². The number of amides is 1. The Morgan fingerprint density at radius 2 is 1.75 bits per heavy atom. The molecule has 9 heteroatoms. The van der Waals surface area contributed by atoms with Crippen molar-refractivity contribution < 1.29 is 13.2 Å². The molecule has 1 amide bonds. The number of sulfonamides is 1. The number of benzene rings is 2. The summed E-state index contributed by atoms with van der Waals surface area (Å²) in [7, 11) is -3.56. The van der Waals surface area contributed by atoms with Crippen molar-refractivity contribution in [1.29, 1.82) is 0 Å². The second kappa shape index (κ2) is 10.3. The Morgan fingerprint density at radius 3 is 2.39 bits per heavy atom. The number of carbonyl (C=O) groups is 1. The largest absolute Gasteiger partial charge is 0.356 e. The zero-order chi connectivity index (χ0) is 20.7. The first-order valence-electron chi connectivity index (χ1n) is 8.61. The van der Waals surface area contributed by atoms with Crippen LogP contribution in [0.15, 0.2) is 42.5 Å². The highest BCUT2D eigenvalue weighted by Gasteiger charge is 2.21. The first-order valence-corrected chi connectivity index (χ1v) is 11.6. The quantitative estimate of drug-likeness (QED) is 0.593. The molecule has 0 saturated carbocycles. The minimum Gasteiger partial charge on any atom is -0.356 e. The molecule has 0 heterocycles. The molecular formula is C19H21Cl3N2O3S. The summed E-state index contributed by atoms with van der Waals surface area (Å²) in [4.78, 5) is 12.0. The van der Waals surface area contributed by atoms with Crippen molar-refractivity contribution in [3.8, 4) is 0 Å². The normalized spacial score (nSPS) is 11.3. The van der Waals surface area contributed by atoms with E-state index in [2.05, 4.69) is 5.32 Å². The third kappa shape index (κ3) is 6.85. The topological polar surface area (TPSA) is 66.5 Å². The Balaban J connectivity index is 1.85. The maximum atomic E-state index is 12.1. The lowest BCUT2D eigenvalue weighted by molar-refractivity contribution is -0.121. The average Bonchev–Trinajstić information content (AvgIpc) is 2.62. The van der Waals surface area contributed by atoms with Crippen molar-refractivity contribution in [3.05, 3.63) is 63.1 Å². The minimum atomic E-state index is -3.56. The van der Waals surface area contributed by atoms with E-state index in [0.29, 0.717) is 30.1 Å². The van der Waals surface area contributed by atoms with E-state index in [1.54, 1.807) is 30.3 Å². The molecule has 5 nitrogen and oxygen atoms in total. The van der Waals surface area contributed by atoms with Crippen LogP contribution >= 0.6 is 34.8 Å². The zero-order valence-electron chi connectivity index (χ0n) is 15.3. The molecule has 0 saturated heterocycles. The maximum Gasteiger partial charge on any atom is 0.232 e. The number of rotatable bonds is 9. The molecule has 28 heavy (non-hydrogen) atoms. The van der Waals surface area contributed by atoms with Crippen molar-refractivity contribution in [1.82, 2.24) is 5.32 Å². The molecule has 152 valence electrons. The van der Waals surface area contributed by atoms with Crippen molar-refractivity contribution in [2.24, 2.45) is 0 Å². The van der Waals surface area contributed by atoms with Gasteiger partial charge in [0.2, 0.25) is 15.9 Å². The van der Waals surface area contributed by atoms with E-state index < -0.39 is 10.0 Å². The first kappa shape index (κ1) is 22.8. The fraction of sp³-hybridized carbons (Fsp3) is 0.316. The van der Waals surface area contributed by atoms with Gasteiger partial charge in [-0.15, -0.1) is 0 Å². The summed E-state index contributed by atoms with van der Waals surface area (Å²) in [6.07, 6.45) is 2.33. The Morgan fingerprint density at radius 1 is 1.07 bits per heavy atom. The van der Waals surface area contributed by atoms with Crippen molar-refractivity contribution in [2.75, 3.05) is 23.7 Å². The molecule has 0 fully saturated rings. The van der Waals surface area contributed by atoms with Gasteiger partial charge in [0.25, 0.3) is 0 Å². The first-order chi connectivity index (χ1) is 13.2. The lowest BCUT2D eigenvalue weighted by Crippen LogP contribution is -2.32. The van der Waals surface area contributed by atoms with Gasteiger partial charge in [0.05, 0.1) is 22.0 Å². The van der Waals surface area contributed by atoms with Crippen LogP contribution in [-0.2, 0) is 21.2 Å². The third-order valence-corrected chi connectivity index (χ3v) is 6.26. The highest BCUT2D eigenvalue weighted by atomic mass is 35.5. The predicted octanol–water partition coefficient (Wildman–Crippen LogP) is 4.55. The molecule has 2 aromatic carbocycles. The number of carbonyl (C=O) groups excluding carboxylic acids is 1. The van der Waals surface area contributed by atoms with Gasteiger partial charge in [-0.1, -0.05) is 53.0 Å². The number of hydrogen-bond acceptors (Lipinski definition) is 3. The fourth-order valence-corrected chi connectivity index (χ4v) is 4.16. The van der Waals surface area contributed by atoms with Crippen molar-refractivity contribution >= 4 is 56.4 Å². The van der Waals surface area contributed by atoms with Crippen LogP contribution in [0.3, 0.4) is 0 Å². The van der Waals surface area contributed by atoms with E-state index in [4.69, 9.17) is 34.8 Å². The SMILES string of the molecule is CS(=O)(=O)N(CCCC(=O)NCCc1ccc(Cl)cc1)c1cccc(Cl)c1Cl. The van der Waals surface area contributed by atoms with Gasteiger partial charge in [0.1, 0.15) is 0 Å². The summed E-state index contributed by atoms with van der Waals surface area (Å²) >= 11 is 18.0. The van der Waals surface area contributed by atoms with Gasteiger partial charge in [-0.3, -0.25) is 9.10 Å². The summed E-state index contributed by atoms with van der Waals surface area (Å²) in [5, 5.41) is 3.94. The lowest BCUT2D eigenvalue weighted by Gasteiger charge is -2.23. The van der Waals surface area contributed by atoms with Crippen LogP contribution < -0.4 is 9.62 Å². The molecule has 1 N–H and O–H groups in total. The number of nitrogens with zero attached hydrogens (tertiary/aromatic N) is 1. The monoisotopic (exact) mass is 462 g/mol. The molecule has 0 radical (unpaired) electrons. The second-order valence-corrected chi connectivity index (χ2v) is 9.37. The highest BCUT2D eigenvalue weighted by Crippen LogP contribution is 2.33. The molecule has 0 aromatic heterocycles. The summed E-state index contributed by atoms with van der Waals surface area (Å²) in [6, 6.07) is 12.2. The Kier molecular flexibility index (Phi) is 8.43. The van der Waals surface area contributed by atoms with E-state index in [1.807, 2.05) is 12.1 Å². The molecule has 0 spiro atoms. The van der Waals surface area contributed by atoms with Gasteiger partial charge in [-0.25, -0.2) is 8.42 Å². The summed E-state index contributed by atoms with van der Waals surface area (Å²) in [5.41, 5.74) is 1.38. The predicted molar refractivity (Wildman–Crippen MR) is 116 cm³/mol. The Labute approximate surface area is 180 Å². The van der Waals surface area contributed by atoms with Gasteiger partial charge in [0, 0.05) is 24.5 Å². The van der Waals surface area contributed by atoms with Crippen LogP contribution in [0.4, 0.5) is 5.69 Å². The number of hydrogen-bond donors (Lipinski definition) is 1. The number of nitrogens with one attached hydrogen (secondary N) is 1. The van der Waals surface area contributed by atoms with Gasteiger partial charge >= 0.3 is 0 Å². The molecule has 0 aliphatic rings. The van der Waals surface area contributed by atoms with Gasteiger partial charge in [-0.2, -0.15) is 0 Å². The molecular weight excluding hydrogens is 443 g/mol. The smallest absolute Gasteiger partial charge is 0.232 e. The minimum absolute atomic E-state index is 0.128. The maximum absolute atomic E-state index is 12.1. The fourth-order valence-electron chi connectivity index (χ4n) is 2.62. The summed E-state index contributed by atoms with van der Waals surface area (Å²) < 4.78 is 25.4. The molecule has 0 aliphatic heterocycles. The van der Waals surface area contributed by atoms with Gasteiger partial charge in [-0.05, 0) is 42.7 Å². The van der Waals surface area contributed by atoms with Crippen LogP contribution in [0, 0.1) is 0 Å². The standard InChI is InChI=1S/C19H21Cl3N2O3S/c1-28(26,27)24(17-5-2-4-16(21)19(17)22)13-3-6-18(25)23-12-11-14-7-9-15(20)10-8-14/h2,4-5,7-10H,3,6,11-13H2,1H3,(H,23,25). The molecule has 2 aromatic rings. The van der Waals surface area contributed by atoms with Crippen LogP contribution in [0.25, 0.3) is 0 Å². The van der Waals surface area contributed by atoms with Crippen LogP contribution in [0.1, 0.15) is 18.4 Å². The Hall–Kier alpha value is -1.47. The molecule has 2 rings (SSSR count). The van der Waals surface area contributed by atoms with Crippen LogP contribution in [0.2, 0.25) is 15.1 Å². The van der Waals surface area contributed by atoms with E-state index in [-0.39, 0.29) is 28.9 Å². The van der Waals surface area contributed by atoms with Gasteiger partial charge < -0.3 is 5.32 Å². The van der Waals surface area contributed by atoms with E-state index in [0.717, 1.165) is 11.8 Å². The molecule has 0 aliphatic carbocycles. The number of halogens is 3. The molecule has 0 unspecified atom stereocenters. The van der Waals surface area contributed by atoms with Crippen LogP contribution in [-0.4, -0.2) is 33.7 Å². The zero-order valence-corrected chi connectivity index (χ0v) is 18.4. The second-order valence-electron chi connectivity index (χ2n) is 6.24. The Bertz CT molecular complexity index is 919. The molecule has 0 atom stereocenters. The number of anilines is 1. The third-order valence-electron chi connectivity index (χ3n) is 4.01.